The fourth-order valence-corrected chi connectivity index (χ4v) is 2.74. The Bertz CT molecular complexity index is 154. The van der Waals surface area contributed by atoms with Crippen molar-refractivity contribution in [1.29, 1.82) is 0 Å². The van der Waals surface area contributed by atoms with Crippen molar-refractivity contribution in [3.05, 3.63) is 12.7 Å². The highest BCUT2D eigenvalue weighted by molar-refractivity contribution is 7.98. The molecule has 4 heteroatoms. The van der Waals surface area contributed by atoms with Crippen LogP contribution in [0.5, 0.6) is 0 Å². The summed E-state index contributed by atoms with van der Waals surface area (Å²) in [6, 6.07) is 0. The van der Waals surface area contributed by atoms with Gasteiger partial charge in [-0.1, -0.05) is 31.9 Å². The van der Waals surface area contributed by atoms with Crippen molar-refractivity contribution >= 4 is 23.7 Å². The highest BCUT2D eigenvalue weighted by atomic mass is 32.2. The largest absolute Gasteiger partial charge is 0.277 e. The molecule has 1 aliphatic rings. The molecule has 1 fully saturated rings. The second-order valence-electron chi connectivity index (χ2n) is 3.09. The molecule has 1 rings (SSSR count). The molecule has 16 heavy (non-hydrogen) atoms. The van der Waals surface area contributed by atoms with Crippen LogP contribution in [0.15, 0.2) is 12.7 Å². The van der Waals surface area contributed by atoms with E-state index in [1.54, 1.807) is 6.08 Å². The predicted molar refractivity (Wildman–Crippen MR) is 82.0 cm³/mol. The summed E-state index contributed by atoms with van der Waals surface area (Å²) in [7, 11) is 0. The Hall–Kier alpha value is 0.360. The second kappa shape index (κ2) is 13.4. The van der Waals surface area contributed by atoms with Gasteiger partial charge in [0.1, 0.15) is 0 Å². The molecular formula is C12H28N2S2. The van der Waals surface area contributed by atoms with E-state index in [1.807, 2.05) is 44.5 Å². The van der Waals surface area contributed by atoms with Crippen LogP contribution in [0.3, 0.4) is 0 Å². The Morgan fingerprint density at radius 2 is 1.81 bits per heavy atom. The van der Waals surface area contributed by atoms with Crippen LogP contribution in [0.25, 0.3) is 0 Å². The third-order valence-corrected chi connectivity index (χ3v) is 3.63. The molecule has 0 aromatic carbocycles. The lowest BCUT2D eigenvalue weighted by molar-refractivity contribution is 0.255. The lowest BCUT2D eigenvalue weighted by Gasteiger charge is -2.23. The average molecular weight is 265 g/mol. The standard InChI is InChI=1S/C7H16N2S2.C3H6.C2H6/c1-7-8(6-10-2)4-5-9(7)11-3;1-3-2;1-2/h7H,4-6H2,1-3H3;3H,1H2,2H3;1-2H3. The maximum absolute atomic E-state index is 3.36. The summed E-state index contributed by atoms with van der Waals surface area (Å²) in [5, 5.41) is 0. The van der Waals surface area contributed by atoms with E-state index in [2.05, 4.69) is 35.2 Å². The Morgan fingerprint density at radius 3 is 2.12 bits per heavy atom. The van der Waals surface area contributed by atoms with E-state index in [4.69, 9.17) is 0 Å². The van der Waals surface area contributed by atoms with Crippen molar-refractivity contribution in [3.8, 4) is 0 Å². The fourth-order valence-electron chi connectivity index (χ4n) is 1.36. The van der Waals surface area contributed by atoms with E-state index in [1.165, 1.54) is 13.1 Å². The summed E-state index contributed by atoms with van der Waals surface area (Å²) < 4.78 is 2.43. The summed E-state index contributed by atoms with van der Waals surface area (Å²) in [6.45, 7) is 14.0. The summed E-state index contributed by atoms with van der Waals surface area (Å²) in [5.41, 5.74) is 0. The van der Waals surface area contributed by atoms with Gasteiger partial charge in [-0.2, -0.15) is 0 Å². The van der Waals surface area contributed by atoms with Gasteiger partial charge in [-0.15, -0.1) is 18.3 Å². The Morgan fingerprint density at radius 1 is 1.31 bits per heavy atom. The van der Waals surface area contributed by atoms with E-state index in [9.17, 15) is 0 Å². The van der Waals surface area contributed by atoms with Gasteiger partial charge in [0.15, 0.2) is 0 Å². The SMILES string of the molecule is C=CC.CC.CSCN1CCN(SC)C1C. The lowest BCUT2D eigenvalue weighted by Crippen LogP contribution is -2.32. The molecule has 0 N–H and O–H groups in total. The minimum absolute atomic E-state index is 0.623. The quantitative estimate of drug-likeness (QED) is 0.565. The molecule has 0 aromatic rings. The van der Waals surface area contributed by atoms with Gasteiger partial charge in [0.2, 0.25) is 0 Å². The Balaban J connectivity index is 0. The first kappa shape index (κ1) is 18.7. The first-order chi connectivity index (χ1) is 7.71. The normalized spacial score (nSPS) is 20.5. The van der Waals surface area contributed by atoms with E-state index in [-0.39, 0.29) is 0 Å². The summed E-state index contributed by atoms with van der Waals surface area (Å²) >= 11 is 3.76. The van der Waals surface area contributed by atoms with Crippen LogP contribution in [-0.2, 0) is 0 Å². The molecule has 1 atom stereocenters. The molecule has 1 aliphatic heterocycles. The van der Waals surface area contributed by atoms with E-state index < -0.39 is 0 Å². The first-order valence-corrected chi connectivity index (χ1v) is 8.39. The minimum atomic E-state index is 0.623. The summed E-state index contributed by atoms with van der Waals surface area (Å²) in [6.07, 6.45) is 6.69. The van der Waals surface area contributed by atoms with Gasteiger partial charge in [-0.3, -0.25) is 4.90 Å². The first-order valence-electron chi connectivity index (χ1n) is 5.82. The molecule has 2 nitrogen and oxygen atoms in total. The molecule has 0 saturated carbocycles. The minimum Gasteiger partial charge on any atom is -0.277 e. The Kier molecular flexibility index (Phi) is 15.7. The van der Waals surface area contributed by atoms with Crippen molar-refractivity contribution in [2.45, 2.75) is 33.9 Å². The lowest BCUT2D eigenvalue weighted by atomic mass is 10.5. The summed E-state index contributed by atoms with van der Waals surface area (Å²) in [4.78, 5) is 2.50. The predicted octanol–water partition coefficient (Wildman–Crippen LogP) is 3.77. The van der Waals surface area contributed by atoms with Crippen LogP contribution in [0.1, 0.15) is 27.7 Å². The second-order valence-corrected chi connectivity index (χ2v) is 4.76. The van der Waals surface area contributed by atoms with Crippen LogP contribution >= 0.6 is 23.7 Å². The molecule has 0 spiro atoms. The summed E-state index contributed by atoms with van der Waals surface area (Å²) in [5.74, 6) is 1.16. The molecule has 0 aromatic heterocycles. The number of allylic oxidation sites excluding steroid dienone is 1. The van der Waals surface area contributed by atoms with Gasteiger partial charge in [-0.05, 0) is 26.4 Å². The van der Waals surface area contributed by atoms with Crippen LogP contribution in [-0.4, -0.2) is 46.8 Å². The third-order valence-electron chi connectivity index (χ3n) is 2.08. The zero-order chi connectivity index (χ0) is 13.0. The Labute approximate surface area is 111 Å². The van der Waals surface area contributed by atoms with Crippen molar-refractivity contribution in [1.82, 2.24) is 9.21 Å². The number of rotatable bonds is 3. The van der Waals surface area contributed by atoms with Gasteiger partial charge in [-0.25, -0.2) is 4.31 Å². The monoisotopic (exact) mass is 264 g/mol. The van der Waals surface area contributed by atoms with Gasteiger partial charge >= 0.3 is 0 Å². The van der Waals surface area contributed by atoms with Crippen molar-refractivity contribution in [2.24, 2.45) is 0 Å². The van der Waals surface area contributed by atoms with Crippen LogP contribution in [0.4, 0.5) is 0 Å². The number of hydrogen-bond donors (Lipinski definition) is 0. The van der Waals surface area contributed by atoms with E-state index in [0.29, 0.717) is 6.17 Å². The van der Waals surface area contributed by atoms with Crippen LogP contribution < -0.4 is 0 Å². The fraction of sp³-hybridized carbons (Fsp3) is 0.833. The molecule has 0 radical (unpaired) electrons. The molecule has 0 amide bonds. The van der Waals surface area contributed by atoms with Gasteiger partial charge in [0.25, 0.3) is 0 Å². The number of hydrogen-bond acceptors (Lipinski definition) is 4. The highest BCUT2D eigenvalue weighted by Gasteiger charge is 2.26. The molecule has 0 bridgehead atoms. The van der Waals surface area contributed by atoms with Crippen molar-refractivity contribution < 1.29 is 0 Å². The molecule has 1 heterocycles. The highest BCUT2D eigenvalue weighted by Crippen LogP contribution is 2.21. The van der Waals surface area contributed by atoms with Gasteiger partial charge < -0.3 is 0 Å². The molecular weight excluding hydrogens is 236 g/mol. The van der Waals surface area contributed by atoms with Crippen molar-refractivity contribution in [2.75, 3.05) is 31.5 Å². The topological polar surface area (TPSA) is 6.48 Å². The maximum Gasteiger partial charge on any atom is 0.0699 e. The molecule has 1 unspecified atom stereocenters. The third kappa shape index (κ3) is 7.60. The van der Waals surface area contributed by atoms with Gasteiger partial charge in [0.05, 0.1) is 6.17 Å². The number of nitrogens with zero attached hydrogens (tertiary/aromatic N) is 2. The maximum atomic E-state index is 3.36. The van der Waals surface area contributed by atoms with E-state index in [0.717, 1.165) is 5.88 Å². The van der Waals surface area contributed by atoms with Gasteiger partial charge in [0, 0.05) is 19.0 Å². The van der Waals surface area contributed by atoms with Crippen LogP contribution in [0.2, 0.25) is 0 Å². The smallest absolute Gasteiger partial charge is 0.0699 e. The zero-order valence-electron chi connectivity index (χ0n) is 11.7. The molecule has 98 valence electrons. The molecule has 1 saturated heterocycles. The van der Waals surface area contributed by atoms with E-state index >= 15 is 0 Å². The van der Waals surface area contributed by atoms with Crippen molar-refractivity contribution in [3.63, 3.8) is 0 Å². The van der Waals surface area contributed by atoms with Crippen LogP contribution in [0, 0.1) is 0 Å². The molecule has 0 aliphatic carbocycles. The number of thioether (sulfide) groups is 1. The average Bonchev–Trinajstić information content (AvgIpc) is 2.65. The zero-order valence-corrected chi connectivity index (χ0v) is 13.3.